The van der Waals surface area contributed by atoms with E-state index in [1.807, 2.05) is 0 Å². The average Bonchev–Trinajstić information content (AvgIpc) is 2.21. The van der Waals surface area contributed by atoms with Gasteiger partial charge in [0, 0.05) is 11.1 Å². The highest BCUT2D eigenvalue weighted by atomic mass is 19.4. The van der Waals surface area contributed by atoms with Gasteiger partial charge in [-0.2, -0.15) is 13.2 Å². The van der Waals surface area contributed by atoms with Gasteiger partial charge in [0.15, 0.2) is 0 Å². The average molecular weight is 245 g/mol. The Morgan fingerprint density at radius 1 is 1.35 bits per heavy atom. The van der Waals surface area contributed by atoms with Gasteiger partial charge in [-0.15, -0.1) is 5.92 Å². The van der Waals surface area contributed by atoms with Crippen LogP contribution in [0, 0.1) is 17.7 Å². The Hall–Kier alpha value is -1.70. The van der Waals surface area contributed by atoms with Crippen LogP contribution in [0.25, 0.3) is 0 Å². The maximum absolute atomic E-state index is 13.5. The van der Waals surface area contributed by atoms with Crippen molar-refractivity contribution < 1.29 is 17.6 Å². The molecule has 0 fully saturated rings. The summed E-state index contributed by atoms with van der Waals surface area (Å²) in [6, 6.07) is 0.924. The molecule has 0 bridgehead atoms. The zero-order valence-electron chi connectivity index (χ0n) is 9.37. The van der Waals surface area contributed by atoms with Crippen molar-refractivity contribution >= 4 is 5.69 Å². The first-order chi connectivity index (χ1) is 7.82. The monoisotopic (exact) mass is 245 g/mol. The third kappa shape index (κ3) is 2.52. The minimum Gasteiger partial charge on any atom is -0.396 e. The van der Waals surface area contributed by atoms with Gasteiger partial charge in [-0.05, 0) is 19.4 Å². The van der Waals surface area contributed by atoms with Crippen LogP contribution in [0.15, 0.2) is 6.07 Å². The lowest BCUT2D eigenvalue weighted by Gasteiger charge is -2.16. The normalized spacial score (nSPS) is 10.9. The van der Waals surface area contributed by atoms with E-state index in [1.54, 1.807) is 0 Å². The van der Waals surface area contributed by atoms with Crippen LogP contribution < -0.4 is 5.73 Å². The van der Waals surface area contributed by atoms with E-state index in [-0.39, 0.29) is 17.7 Å². The number of rotatable bonds is 1. The van der Waals surface area contributed by atoms with Crippen LogP contribution in [-0.4, -0.2) is 0 Å². The summed E-state index contributed by atoms with van der Waals surface area (Å²) in [5.41, 5.74) is 3.27. The van der Waals surface area contributed by atoms with Gasteiger partial charge in [0.05, 0.1) is 11.3 Å². The molecule has 0 atom stereocenters. The summed E-state index contributed by atoms with van der Waals surface area (Å²) in [4.78, 5) is 0. The number of halogens is 4. The van der Waals surface area contributed by atoms with Gasteiger partial charge in [-0.25, -0.2) is 4.39 Å². The summed E-state index contributed by atoms with van der Waals surface area (Å²) < 4.78 is 52.1. The van der Waals surface area contributed by atoms with Crippen LogP contribution >= 0.6 is 0 Å². The van der Waals surface area contributed by atoms with Crippen molar-refractivity contribution in [2.45, 2.75) is 26.4 Å². The smallest absolute Gasteiger partial charge is 0.396 e. The van der Waals surface area contributed by atoms with E-state index in [2.05, 4.69) is 11.8 Å². The summed E-state index contributed by atoms with van der Waals surface area (Å²) in [5.74, 6) is 3.66. The zero-order valence-corrected chi connectivity index (χ0v) is 9.37. The predicted molar refractivity (Wildman–Crippen MR) is 57.7 cm³/mol. The van der Waals surface area contributed by atoms with Gasteiger partial charge in [0.2, 0.25) is 0 Å². The van der Waals surface area contributed by atoms with Gasteiger partial charge in [0.1, 0.15) is 5.82 Å². The molecule has 0 aliphatic heterocycles. The lowest BCUT2D eigenvalue weighted by atomic mass is 9.97. The summed E-state index contributed by atoms with van der Waals surface area (Å²) in [6.45, 7) is 2.85. The highest BCUT2D eigenvalue weighted by Gasteiger charge is 2.37. The van der Waals surface area contributed by atoms with Gasteiger partial charge < -0.3 is 5.73 Å². The van der Waals surface area contributed by atoms with Crippen molar-refractivity contribution in [3.63, 3.8) is 0 Å². The molecule has 5 heteroatoms. The predicted octanol–water partition coefficient (Wildman–Crippen LogP) is 3.36. The van der Waals surface area contributed by atoms with Gasteiger partial charge in [0.25, 0.3) is 0 Å². The summed E-state index contributed by atoms with van der Waals surface area (Å²) >= 11 is 0. The molecule has 0 unspecified atom stereocenters. The highest BCUT2D eigenvalue weighted by Crippen LogP contribution is 2.37. The number of hydrogen-bond donors (Lipinski definition) is 1. The molecule has 1 aromatic rings. The molecule has 2 N–H and O–H groups in total. The van der Waals surface area contributed by atoms with Crippen LogP contribution in [0.4, 0.5) is 23.2 Å². The van der Waals surface area contributed by atoms with E-state index in [9.17, 15) is 17.6 Å². The molecule has 1 rings (SSSR count). The van der Waals surface area contributed by atoms with Gasteiger partial charge in [-0.3, -0.25) is 0 Å². The van der Waals surface area contributed by atoms with E-state index in [0.29, 0.717) is 0 Å². The van der Waals surface area contributed by atoms with Crippen molar-refractivity contribution in [3.05, 3.63) is 28.6 Å². The van der Waals surface area contributed by atoms with Crippen LogP contribution in [0.3, 0.4) is 0 Å². The molecule has 92 valence electrons. The molecule has 0 aromatic heterocycles. The molecule has 0 heterocycles. The van der Waals surface area contributed by atoms with Crippen molar-refractivity contribution in [2.75, 3.05) is 5.73 Å². The third-order valence-electron chi connectivity index (χ3n) is 2.29. The van der Waals surface area contributed by atoms with Crippen LogP contribution in [0.1, 0.15) is 30.5 Å². The number of alkyl halides is 3. The fraction of sp³-hybridized carbons (Fsp3) is 0.333. The van der Waals surface area contributed by atoms with E-state index in [4.69, 9.17) is 5.73 Å². The SMILES string of the molecule is CC#Cc1cc(N)c(F)c(CC)c1C(F)(F)F. The molecule has 0 spiro atoms. The Kier molecular flexibility index (Phi) is 3.66. The minimum absolute atomic E-state index is 0.0931. The van der Waals surface area contributed by atoms with Crippen LogP contribution in [-0.2, 0) is 12.6 Å². The number of nitrogens with two attached hydrogens (primary N) is 1. The minimum atomic E-state index is -4.64. The molecule has 1 aromatic carbocycles. The molecule has 0 aliphatic carbocycles. The van der Waals surface area contributed by atoms with Gasteiger partial charge in [-0.1, -0.05) is 12.8 Å². The second kappa shape index (κ2) is 4.66. The Balaban J connectivity index is 3.71. The van der Waals surface area contributed by atoms with Crippen molar-refractivity contribution in [1.82, 2.24) is 0 Å². The number of benzene rings is 1. The first kappa shape index (κ1) is 13.4. The fourth-order valence-corrected chi connectivity index (χ4v) is 1.63. The quantitative estimate of drug-likeness (QED) is 0.458. The molecule has 17 heavy (non-hydrogen) atoms. The fourth-order valence-electron chi connectivity index (χ4n) is 1.63. The van der Waals surface area contributed by atoms with E-state index >= 15 is 0 Å². The van der Waals surface area contributed by atoms with Crippen LogP contribution in [0.2, 0.25) is 0 Å². The summed E-state index contributed by atoms with van der Waals surface area (Å²) in [6.07, 6.45) is -4.73. The Morgan fingerprint density at radius 2 is 1.94 bits per heavy atom. The number of hydrogen-bond acceptors (Lipinski definition) is 1. The third-order valence-corrected chi connectivity index (χ3v) is 2.29. The van der Waals surface area contributed by atoms with Crippen molar-refractivity contribution in [3.8, 4) is 11.8 Å². The molecular weight excluding hydrogens is 234 g/mol. The Morgan fingerprint density at radius 3 is 2.35 bits per heavy atom. The molecule has 0 amide bonds. The zero-order chi connectivity index (χ0) is 13.2. The van der Waals surface area contributed by atoms with Gasteiger partial charge >= 0.3 is 6.18 Å². The Bertz CT molecular complexity index is 492. The van der Waals surface area contributed by atoms with E-state index in [1.165, 1.54) is 13.8 Å². The second-order valence-electron chi connectivity index (χ2n) is 3.41. The Labute approximate surface area is 96.6 Å². The molecule has 0 radical (unpaired) electrons. The molecule has 0 saturated carbocycles. The topological polar surface area (TPSA) is 26.0 Å². The number of anilines is 1. The molecule has 0 saturated heterocycles. The summed E-state index contributed by atoms with van der Waals surface area (Å²) in [7, 11) is 0. The molecular formula is C12H11F4N. The lowest BCUT2D eigenvalue weighted by Crippen LogP contribution is -2.14. The maximum atomic E-state index is 13.5. The van der Waals surface area contributed by atoms with E-state index < -0.39 is 23.1 Å². The van der Waals surface area contributed by atoms with Crippen LogP contribution in [0.5, 0.6) is 0 Å². The van der Waals surface area contributed by atoms with E-state index in [0.717, 1.165) is 6.07 Å². The second-order valence-corrected chi connectivity index (χ2v) is 3.41. The maximum Gasteiger partial charge on any atom is 0.417 e. The highest BCUT2D eigenvalue weighted by molar-refractivity contribution is 5.57. The number of nitrogen functional groups attached to an aromatic ring is 1. The van der Waals surface area contributed by atoms with Crippen molar-refractivity contribution in [2.24, 2.45) is 0 Å². The molecule has 1 nitrogen and oxygen atoms in total. The lowest BCUT2D eigenvalue weighted by molar-refractivity contribution is -0.138. The first-order valence-electron chi connectivity index (χ1n) is 4.93. The van der Waals surface area contributed by atoms with Crippen molar-refractivity contribution in [1.29, 1.82) is 0 Å². The standard InChI is InChI=1S/C12H11F4N/c1-3-5-7-6-9(17)11(13)8(4-2)10(7)12(14,15)16/h6H,4,17H2,1-2H3. The molecule has 0 aliphatic rings. The largest absolute Gasteiger partial charge is 0.417 e. The summed E-state index contributed by atoms with van der Waals surface area (Å²) in [5, 5.41) is 0. The first-order valence-corrected chi connectivity index (χ1v) is 4.93.